The second-order valence-corrected chi connectivity index (χ2v) is 5.88. The molecule has 0 atom stereocenters. The van der Waals surface area contributed by atoms with Gasteiger partial charge in [0, 0.05) is 32.1 Å². The third-order valence-electron chi connectivity index (χ3n) is 4.22. The van der Waals surface area contributed by atoms with Crippen molar-refractivity contribution in [1.29, 1.82) is 0 Å². The molecule has 0 amide bonds. The number of guanidine groups is 1. The molecular formula is C20H30N4O2. The van der Waals surface area contributed by atoms with Crippen LogP contribution in [0.25, 0.3) is 0 Å². The maximum Gasteiger partial charge on any atom is 0.191 e. The van der Waals surface area contributed by atoms with Gasteiger partial charge in [-0.05, 0) is 31.4 Å². The summed E-state index contributed by atoms with van der Waals surface area (Å²) in [7, 11) is 1.78. The lowest BCUT2D eigenvalue weighted by Crippen LogP contribution is -2.38. The summed E-state index contributed by atoms with van der Waals surface area (Å²) in [4.78, 5) is 4.30. The van der Waals surface area contributed by atoms with Crippen molar-refractivity contribution in [2.75, 3.05) is 20.2 Å². The highest BCUT2D eigenvalue weighted by Gasteiger charge is 2.13. The number of aryl methyl sites for hydroxylation is 2. The number of rotatable bonds is 9. The van der Waals surface area contributed by atoms with E-state index >= 15 is 0 Å². The molecule has 0 unspecified atom stereocenters. The second kappa shape index (κ2) is 10.5. The van der Waals surface area contributed by atoms with Gasteiger partial charge in [-0.1, -0.05) is 37.2 Å². The molecule has 0 aliphatic carbocycles. The molecule has 1 heterocycles. The molecule has 0 radical (unpaired) electrons. The van der Waals surface area contributed by atoms with Gasteiger partial charge in [-0.15, -0.1) is 0 Å². The molecule has 26 heavy (non-hydrogen) atoms. The number of para-hydroxylation sites is 1. The number of aliphatic imine (C=N–C) groups is 1. The quantitative estimate of drug-likeness (QED) is 0.532. The zero-order valence-corrected chi connectivity index (χ0v) is 16.3. The van der Waals surface area contributed by atoms with E-state index in [2.05, 4.69) is 40.7 Å². The van der Waals surface area contributed by atoms with Crippen molar-refractivity contribution >= 4 is 5.96 Å². The van der Waals surface area contributed by atoms with E-state index in [1.165, 1.54) is 5.56 Å². The maximum absolute atomic E-state index is 5.68. The van der Waals surface area contributed by atoms with Crippen molar-refractivity contribution in [1.82, 2.24) is 15.8 Å². The van der Waals surface area contributed by atoms with Crippen LogP contribution < -0.4 is 15.4 Å². The fraction of sp³-hybridized carbons (Fsp3) is 0.500. The van der Waals surface area contributed by atoms with E-state index in [0.29, 0.717) is 13.2 Å². The summed E-state index contributed by atoms with van der Waals surface area (Å²) in [5.74, 6) is 2.66. The van der Waals surface area contributed by atoms with E-state index in [0.717, 1.165) is 54.5 Å². The molecule has 1 aromatic carbocycles. The molecule has 0 aliphatic rings. The summed E-state index contributed by atoms with van der Waals surface area (Å²) in [6.07, 6.45) is 2.57. The first-order valence-corrected chi connectivity index (χ1v) is 9.34. The van der Waals surface area contributed by atoms with Gasteiger partial charge in [0.1, 0.15) is 11.5 Å². The normalized spacial score (nSPS) is 11.5. The number of hydrogen-bond donors (Lipinski definition) is 2. The molecule has 2 rings (SSSR count). The summed E-state index contributed by atoms with van der Waals surface area (Å²) >= 11 is 0. The van der Waals surface area contributed by atoms with Gasteiger partial charge in [0.25, 0.3) is 0 Å². The van der Waals surface area contributed by atoms with Crippen LogP contribution in [0.5, 0.6) is 5.75 Å². The molecule has 0 saturated carbocycles. The first-order valence-electron chi connectivity index (χ1n) is 9.34. The summed E-state index contributed by atoms with van der Waals surface area (Å²) < 4.78 is 11.1. The molecule has 2 N–H and O–H groups in total. The van der Waals surface area contributed by atoms with Gasteiger partial charge in [0.2, 0.25) is 0 Å². The predicted octanol–water partition coefficient (Wildman–Crippen LogP) is 3.11. The summed E-state index contributed by atoms with van der Waals surface area (Å²) in [6, 6.07) is 8.14. The van der Waals surface area contributed by atoms with Gasteiger partial charge >= 0.3 is 0 Å². The van der Waals surface area contributed by atoms with E-state index in [4.69, 9.17) is 9.26 Å². The fourth-order valence-corrected chi connectivity index (χ4v) is 2.85. The van der Waals surface area contributed by atoms with Gasteiger partial charge < -0.3 is 19.9 Å². The number of hydrogen-bond acceptors (Lipinski definition) is 4. The second-order valence-electron chi connectivity index (χ2n) is 5.88. The number of aromatic nitrogens is 1. The van der Waals surface area contributed by atoms with Gasteiger partial charge in [-0.2, -0.15) is 0 Å². The Hall–Kier alpha value is -2.50. The number of ether oxygens (including phenoxy) is 1. The third kappa shape index (κ3) is 5.25. The van der Waals surface area contributed by atoms with Crippen LogP contribution in [0.3, 0.4) is 0 Å². The molecule has 6 heteroatoms. The Kier molecular flexibility index (Phi) is 7.99. The minimum absolute atomic E-state index is 0.658. The Morgan fingerprint density at radius 3 is 2.65 bits per heavy atom. The van der Waals surface area contributed by atoms with Crippen LogP contribution in [0.2, 0.25) is 0 Å². The number of benzene rings is 1. The van der Waals surface area contributed by atoms with E-state index in [9.17, 15) is 0 Å². The minimum atomic E-state index is 0.658. The molecule has 0 saturated heterocycles. The van der Waals surface area contributed by atoms with Crippen LogP contribution >= 0.6 is 0 Å². The first kappa shape index (κ1) is 19.8. The largest absolute Gasteiger partial charge is 0.494 e. The molecule has 0 aliphatic heterocycles. The Bertz CT molecular complexity index is 688. The monoisotopic (exact) mass is 358 g/mol. The predicted molar refractivity (Wildman–Crippen MR) is 105 cm³/mol. The first-order chi connectivity index (χ1) is 12.7. The number of nitrogens with one attached hydrogen (secondary N) is 2. The third-order valence-corrected chi connectivity index (χ3v) is 4.22. The van der Waals surface area contributed by atoms with E-state index in [1.807, 2.05) is 25.1 Å². The Morgan fingerprint density at radius 1 is 1.15 bits per heavy atom. The topological polar surface area (TPSA) is 71.7 Å². The molecule has 2 aromatic rings. The Balaban J connectivity index is 1.88. The summed E-state index contributed by atoms with van der Waals surface area (Å²) in [5.41, 5.74) is 3.34. The van der Waals surface area contributed by atoms with Gasteiger partial charge in [0.05, 0.1) is 12.3 Å². The zero-order chi connectivity index (χ0) is 18.8. The molecule has 0 fully saturated rings. The van der Waals surface area contributed by atoms with Crippen molar-refractivity contribution in [2.45, 2.75) is 46.6 Å². The van der Waals surface area contributed by atoms with Crippen LogP contribution in [0.15, 0.2) is 33.8 Å². The van der Waals surface area contributed by atoms with Gasteiger partial charge in [0.15, 0.2) is 5.96 Å². The summed E-state index contributed by atoms with van der Waals surface area (Å²) in [5, 5.41) is 10.9. The van der Waals surface area contributed by atoms with Gasteiger partial charge in [-0.3, -0.25) is 4.99 Å². The molecule has 0 bridgehead atoms. The lowest BCUT2D eigenvalue weighted by Gasteiger charge is -2.14. The SMILES string of the molecule is CCOc1ccccc1CCNC(=NC)NCc1c(CC)noc1CC. The molecule has 6 nitrogen and oxygen atoms in total. The van der Waals surface area contributed by atoms with E-state index in [-0.39, 0.29) is 0 Å². The standard InChI is InChI=1S/C20H30N4O2/c1-5-17-16(18(6-2)26-24-17)14-23-20(21-4)22-13-12-15-10-8-9-11-19(15)25-7-3/h8-11H,5-7,12-14H2,1-4H3,(H2,21,22,23). The molecule has 0 spiro atoms. The Morgan fingerprint density at radius 2 is 1.96 bits per heavy atom. The van der Waals surface area contributed by atoms with Crippen LogP contribution in [-0.2, 0) is 25.8 Å². The molecule has 142 valence electrons. The highest BCUT2D eigenvalue weighted by molar-refractivity contribution is 5.79. The minimum Gasteiger partial charge on any atom is -0.494 e. The van der Waals surface area contributed by atoms with Crippen LogP contribution in [-0.4, -0.2) is 31.3 Å². The highest BCUT2D eigenvalue weighted by Crippen LogP contribution is 2.18. The van der Waals surface area contributed by atoms with Crippen LogP contribution in [0.4, 0.5) is 0 Å². The van der Waals surface area contributed by atoms with Crippen LogP contribution in [0, 0.1) is 0 Å². The van der Waals surface area contributed by atoms with Crippen LogP contribution in [0.1, 0.15) is 43.4 Å². The highest BCUT2D eigenvalue weighted by atomic mass is 16.5. The lowest BCUT2D eigenvalue weighted by atomic mass is 10.1. The van der Waals surface area contributed by atoms with Gasteiger partial charge in [-0.25, -0.2) is 0 Å². The van der Waals surface area contributed by atoms with Crippen molar-refractivity contribution < 1.29 is 9.26 Å². The fourth-order valence-electron chi connectivity index (χ4n) is 2.85. The smallest absolute Gasteiger partial charge is 0.191 e. The van der Waals surface area contributed by atoms with Crippen molar-refractivity contribution in [3.8, 4) is 5.75 Å². The average molecular weight is 358 g/mol. The van der Waals surface area contributed by atoms with Crippen molar-refractivity contribution in [3.05, 3.63) is 46.8 Å². The molecular weight excluding hydrogens is 328 g/mol. The molecule has 1 aromatic heterocycles. The van der Waals surface area contributed by atoms with Crippen molar-refractivity contribution in [3.63, 3.8) is 0 Å². The summed E-state index contributed by atoms with van der Waals surface area (Å²) in [6.45, 7) is 8.27. The van der Waals surface area contributed by atoms with Crippen molar-refractivity contribution in [2.24, 2.45) is 4.99 Å². The lowest BCUT2D eigenvalue weighted by molar-refractivity contribution is 0.336. The average Bonchev–Trinajstić information content (AvgIpc) is 3.08. The number of nitrogens with zero attached hydrogens (tertiary/aromatic N) is 2. The maximum atomic E-state index is 5.68. The van der Waals surface area contributed by atoms with E-state index in [1.54, 1.807) is 7.05 Å². The zero-order valence-electron chi connectivity index (χ0n) is 16.3. The Labute approximate surface area is 156 Å². The van der Waals surface area contributed by atoms with E-state index < -0.39 is 0 Å².